The predicted molar refractivity (Wildman–Crippen MR) is 94.2 cm³/mol. The third kappa shape index (κ3) is 3.47. The molecule has 1 saturated heterocycles. The summed E-state index contributed by atoms with van der Waals surface area (Å²) in [7, 11) is -1.98. The summed E-state index contributed by atoms with van der Waals surface area (Å²) < 4.78 is 29.5. The van der Waals surface area contributed by atoms with E-state index in [1.54, 1.807) is 24.3 Å². The van der Waals surface area contributed by atoms with E-state index in [0.717, 1.165) is 6.26 Å². The van der Waals surface area contributed by atoms with Crippen LogP contribution >= 0.6 is 0 Å². The van der Waals surface area contributed by atoms with Gasteiger partial charge in [0.1, 0.15) is 17.5 Å². The first-order valence-electron chi connectivity index (χ1n) is 7.57. The molecule has 0 bridgehead atoms. The van der Waals surface area contributed by atoms with Crippen LogP contribution in [0.4, 0.5) is 0 Å². The number of nitrogens with zero attached hydrogens (tertiary/aromatic N) is 2. The average Bonchev–Trinajstić information content (AvgIpc) is 2.57. The Labute approximate surface area is 145 Å². The molecule has 0 aromatic heterocycles. The van der Waals surface area contributed by atoms with Crippen LogP contribution in [0.25, 0.3) is 0 Å². The third-order valence-electron chi connectivity index (χ3n) is 3.99. The van der Waals surface area contributed by atoms with Crippen molar-refractivity contribution in [3.8, 4) is 5.75 Å². The number of hydrogen-bond donors (Lipinski definition) is 2. The van der Waals surface area contributed by atoms with Gasteiger partial charge in [0.05, 0.1) is 13.2 Å². The molecule has 9 heteroatoms. The van der Waals surface area contributed by atoms with Gasteiger partial charge in [-0.05, 0) is 12.1 Å². The second kappa shape index (κ2) is 6.77. The molecule has 25 heavy (non-hydrogen) atoms. The summed E-state index contributed by atoms with van der Waals surface area (Å²) in [5.74, 6) is -0.424. The molecule has 0 spiro atoms. The number of ether oxygens (including phenoxy) is 1. The lowest BCUT2D eigenvalue weighted by Gasteiger charge is -2.38. The van der Waals surface area contributed by atoms with E-state index in [1.165, 1.54) is 25.6 Å². The lowest BCUT2D eigenvalue weighted by Crippen LogP contribution is -2.61. The van der Waals surface area contributed by atoms with Gasteiger partial charge in [0.15, 0.2) is 15.3 Å². The Bertz CT molecular complexity index is 876. The van der Waals surface area contributed by atoms with Gasteiger partial charge >= 0.3 is 0 Å². The summed E-state index contributed by atoms with van der Waals surface area (Å²) in [6.07, 6.45) is 5.45. The van der Waals surface area contributed by atoms with Crippen molar-refractivity contribution in [1.82, 2.24) is 10.6 Å². The number of amidine groups is 1. The van der Waals surface area contributed by atoms with E-state index >= 15 is 0 Å². The van der Waals surface area contributed by atoms with Gasteiger partial charge in [0, 0.05) is 24.2 Å². The Kier molecular flexibility index (Phi) is 4.69. The maximum absolute atomic E-state index is 12.6. The van der Waals surface area contributed by atoms with Gasteiger partial charge in [-0.25, -0.2) is 18.4 Å². The molecular weight excluding hydrogens is 344 g/mol. The van der Waals surface area contributed by atoms with Crippen LogP contribution in [0.2, 0.25) is 0 Å². The molecule has 2 aliphatic heterocycles. The maximum atomic E-state index is 12.6. The van der Waals surface area contributed by atoms with Crippen molar-refractivity contribution in [2.75, 3.05) is 13.4 Å². The molecule has 2 heterocycles. The quantitative estimate of drug-likeness (QED) is 0.805. The zero-order chi connectivity index (χ0) is 18.0. The number of allylic oxidation sites excluding steroid dienone is 1. The number of hydrogen-bond acceptors (Lipinski definition) is 7. The van der Waals surface area contributed by atoms with Gasteiger partial charge in [-0.3, -0.25) is 10.1 Å². The van der Waals surface area contributed by atoms with Crippen LogP contribution in [0.15, 0.2) is 46.5 Å². The fourth-order valence-electron chi connectivity index (χ4n) is 2.84. The normalized spacial score (nSPS) is 26.1. The Balaban J connectivity index is 2.14. The topological polar surface area (TPSA) is 109 Å². The lowest BCUT2D eigenvalue weighted by molar-refractivity contribution is -0.120. The van der Waals surface area contributed by atoms with Gasteiger partial charge in [-0.15, -0.1) is 0 Å². The molecule has 0 radical (unpaired) electrons. The first-order chi connectivity index (χ1) is 11.9. The van der Waals surface area contributed by atoms with E-state index in [9.17, 15) is 13.2 Å². The predicted octanol–water partition coefficient (Wildman–Crippen LogP) is 0.397. The second-order valence-corrected chi connectivity index (χ2v) is 7.82. The summed E-state index contributed by atoms with van der Waals surface area (Å²) in [4.78, 5) is 20.7. The number of nitrogens with one attached hydrogen (secondary N) is 2. The zero-order valence-electron chi connectivity index (χ0n) is 13.7. The zero-order valence-corrected chi connectivity index (χ0v) is 14.5. The first-order valence-corrected chi connectivity index (χ1v) is 9.52. The van der Waals surface area contributed by atoms with Gasteiger partial charge in [0.2, 0.25) is 0 Å². The number of sulfone groups is 1. The number of fused-ring (bicyclic) bond motifs is 1. The summed E-state index contributed by atoms with van der Waals surface area (Å²) in [6, 6.07) is 6.47. The van der Waals surface area contributed by atoms with Crippen LogP contribution < -0.4 is 15.4 Å². The molecule has 3 atom stereocenters. The highest BCUT2D eigenvalue weighted by atomic mass is 32.2. The van der Waals surface area contributed by atoms with E-state index in [-0.39, 0.29) is 5.84 Å². The molecule has 8 nitrogen and oxygen atoms in total. The molecule has 1 amide bonds. The van der Waals surface area contributed by atoms with Crippen LogP contribution in [-0.2, 0) is 14.6 Å². The second-order valence-electron chi connectivity index (χ2n) is 5.69. The highest BCUT2D eigenvalue weighted by Gasteiger charge is 2.43. The summed E-state index contributed by atoms with van der Waals surface area (Å²) in [5, 5.41) is 5.78. The molecule has 1 aromatic carbocycles. The van der Waals surface area contributed by atoms with E-state index < -0.39 is 33.2 Å². The molecule has 3 rings (SSSR count). The van der Waals surface area contributed by atoms with Crippen LogP contribution in [0.5, 0.6) is 5.75 Å². The molecule has 1 fully saturated rings. The SMILES string of the molecule is COc1ccccc1C1NC(S(C)(=O)=O)NC2=NC=CC=NC(=O)C21. The van der Waals surface area contributed by atoms with Crippen LogP contribution in [0.3, 0.4) is 0 Å². The van der Waals surface area contributed by atoms with Crippen molar-refractivity contribution in [1.29, 1.82) is 0 Å². The van der Waals surface area contributed by atoms with Crippen LogP contribution in [0.1, 0.15) is 11.6 Å². The number of methoxy groups -OCH3 is 1. The first kappa shape index (κ1) is 17.3. The summed E-state index contributed by atoms with van der Waals surface area (Å²) >= 11 is 0. The highest BCUT2D eigenvalue weighted by molar-refractivity contribution is 7.91. The minimum absolute atomic E-state index is 0.253. The van der Waals surface area contributed by atoms with Crippen molar-refractivity contribution in [3.05, 3.63) is 42.1 Å². The fourth-order valence-corrected chi connectivity index (χ4v) is 3.57. The molecule has 1 aromatic rings. The van der Waals surface area contributed by atoms with Gasteiger partial charge in [-0.1, -0.05) is 18.2 Å². The number of amides is 1. The van der Waals surface area contributed by atoms with Crippen molar-refractivity contribution < 1.29 is 17.9 Å². The average molecular weight is 362 g/mol. The van der Waals surface area contributed by atoms with E-state index in [1.807, 2.05) is 0 Å². The molecule has 0 saturated carbocycles. The number of para-hydroxylation sites is 1. The van der Waals surface area contributed by atoms with Crippen molar-refractivity contribution >= 4 is 27.8 Å². The Morgan fingerprint density at radius 1 is 1.24 bits per heavy atom. The van der Waals surface area contributed by atoms with Crippen molar-refractivity contribution in [2.45, 2.75) is 11.5 Å². The molecule has 2 aliphatic rings. The Hall–Kier alpha value is -2.52. The molecule has 3 unspecified atom stereocenters. The minimum Gasteiger partial charge on any atom is -0.496 e. The number of carbonyl (C=O) groups excluding carboxylic acids is 1. The monoisotopic (exact) mass is 362 g/mol. The maximum Gasteiger partial charge on any atom is 0.258 e. The number of aliphatic imine (C=N–C) groups is 2. The fraction of sp³-hybridized carbons (Fsp3) is 0.312. The third-order valence-corrected chi connectivity index (χ3v) is 5.10. The molecular formula is C16H18N4O4S. The van der Waals surface area contributed by atoms with Crippen molar-refractivity contribution in [3.63, 3.8) is 0 Å². The van der Waals surface area contributed by atoms with Gasteiger partial charge in [0.25, 0.3) is 5.91 Å². The Morgan fingerprint density at radius 2 is 2.00 bits per heavy atom. The summed E-state index contributed by atoms with van der Waals surface area (Å²) in [5.41, 5.74) is -0.423. The standard InChI is InChI=1S/C16H18N4O4S/c1-24-11-7-4-3-6-10(11)13-12-14(17-8-5-9-18-15(12)21)20-16(19-13)25(2,22)23/h3-9,12-13,16,19H,1-2H3,(H,17,20). The number of rotatable bonds is 3. The van der Waals surface area contributed by atoms with Crippen molar-refractivity contribution in [2.24, 2.45) is 15.9 Å². The smallest absolute Gasteiger partial charge is 0.258 e. The lowest BCUT2D eigenvalue weighted by atomic mass is 9.89. The van der Waals surface area contributed by atoms with E-state index in [0.29, 0.717) is 11.3 Å². The van der Waals surface area contributed by atoms with Crippen LogP contribution in [-0.4, -0.2) is 45.2 Å². The largest absolute Gasteiger partial charge is 0.496 e. The van der Waals surface area contributed by atoms with Gasteiger partial charge < -0.3 is 10.1 Å². The molecule has 2 N–H and O–H groups in total. The van der Waals surface area contributed by atoms with E-state index in [2.05, 4.69) is 20.6 Å². The molecule has 0 aliphatic carbocycles. The summed E-state index contributed by atoms with van der Waals surface area (Å²) in [6.45, 7) is 0. The number of benzene rings is 1. The van der Waals surface area contributed by atoms with E-state index in [4.69, 9.17) is 4.74 Å². The highest BCUT2D eigenvalue weighted by Crippen LogP contribution is 2.34. The minimum atomic E-state index is -3.49. The molecule has 132 valence electrons. The number of carbonyl (C=O) groups is 1. The Morgan fingerprint density at radius 3 is 2.72 bits per heavy atom. The van der Waals surface area contributed by atoms with Gasteiger partial charge in [-0.2, -0.15) is 0 Å². The van der Waals surface area contributed by atoms with Crippen LogP contribution in [0, 0.1) is 5.92 Å².